The maximum atomic E-state index is 12.3. The van der Waals surface area contributed by atoms with Crippen LogP contribution in [0.1, 0.15) is 50.2 Å². The number of nitrogen functional groups attached to an aromatic ring is 1. The fraction of sp³-hybridized carbons (Fsp3) is 0.571. The van der Waals surface area contributed by atoms with Crippen molar-refractivity contribution >= 4 is 11.7 Å². The van der Waals surface area contributed by atoms with Crippen LogP contribution in [0.4, 0.5) is 5.82 Å². The molecule has 0 aliphatic carbocycles. The van der Waals surface area contributed by atoms with Crippen LogP contribution in [0.5, 0.6) is 0 Å². The molecule has 0 fully saturated rings. The quantitative estimate of drug-likeness (QED) is 0.645. The van der Waals surface area contributed by atoms with E-state index in [1.54, 1.807) is 18.0 Å². The number of carbonyl (C=O) groups is 1. The minimum absolute atomic E-state index is 0.00810. The van der Waals surface area contributed by atoms with E-state index in [-0.39, 0.29) is 11.3 Å². The Balaban J connectivity index is 3.17. The topological polar surface area (TPSA) is 71.2 Å². The van der Waals surface area contributed by atoms with Crippen LogP contribution in [-0.2, 0) is 5.41 Å². The van der Waals surface area contributed by atoms with Gasteiger partial charge >= 0.3 is 0 Å². The van der Waals surface area contributed by atoms with Gasteiger partial charge in [-0.3, -0.25) is 4.79 Å². The minimum atomic E-state index is -0.134. The highest BCUT2D eigenvalue weighted by atomic mass is 16.2. The van der Waals surface area contributed by atoms with E-state index in [4.69, 9.17) is 5.84 Å². The highest BCUT2D eigenvalue weighted by Crippen LogP contribution is 2.23. The van der Waals surface area contributed by atoms with Crippen LogP contribution in [-0.4, -0.2) is 29.4 Å². The Kier molecular flexibility index (Phi) is 4.89. The molecule has 0 aliphatic rings. The number of anilines is 1. The third-order valence-electron chi connectivity index (χ3n) is 2.89. The summed E-state index contributed by atoms with van der Waals surface area (Å²) in [7, 11) is 1.80. The molecule has 106 valence electrons. The first-order chi connectivity index (χ1) is 8.79. The summed E-state index contributed by atoms with van der Waals surface area (Å²) in [5, 5.41) is 0. The number of amides is 1. The normalized spacial score (nSPS) is 11.3. The van der Waals surface area contributed by atoms with Crippen LogP contribution in [0, 0.1) is 0 Å². The molecule has 5 nitrogen and oxygen atoms in total. The molecule has 0 unspecified atom stereocenters. The maximum Gasteiger partial charge on any atom is 0.253 e. The van der Waals surface area contributed by atoms with E-state index in [9.17, 15) is 4.79 Å². The molecule has 5 heteroatoms. The SMILES string of the molecule is CCCN(C)C(=O)c1cc(NN)nc(C(C)(C)C)c1. The lowest BCUT2D eigenvalue weighted by Crippen LogP contribution is -2.28. The molecule has 19 heavy (non-hydrogen) atoms. The number of pyridine rings is 1. The lowest BCUT2D eigenvalue weighted by atomic mass is 9.90. The summed E-state index contributed by atoms with van der Waals surface area (Å²) in [4.78, 5) is 18.4. The van der Waals surface area contributed by atoms with Gasteiger partial charge in [0.25, 0.3) is 5.91 Å². The zero-order chi connectivity index (χ0) is 14.6. The molecule has 1 aromatic rings. The van der Waals surface area contributed by atoms with Gasteiger partial charge in [0.15, 0.2) is 0 Å². The van der Waals surface area contributed by atoms with Crippen LogP contribution in [0.2, 0.25) is 0 Å². The van der Waals surface area contributed by atoms with Crippen LogP contribution in [0.25, 0.3) is 0 Å². The molecule has 0 atom stereocenters. The smallest absolute Gasteiger partial charge is 0.253 e. The molecule has 1 rings (SSSR count). The maximum absolute atomic E-state index is 12.3. The van der Waals surface area contributed by atoms with Crippen molar-refractivity contribution in [3.63, 3.8) is 0 Å². The van der Waals surface area contributed by atoms with E-state index in [2.05, 4.69) is 31.2 Å². The Morgan fingerprint density at radius 1 is 1.42 bits per heavy atom. The zero-order valence-electron chi connectivity index (χ0n) is 12.4. The molecular formula is C14H24N4O. The van der Waals surface area contributed by atoms with Gasteiger partial charge in [0.1, 0.15) is 5.82 Å². The van der Waals surface area contributed by atoms with Gasteiger partial charge in [-0.2, -0.15) is 0 Å². The Labute approximate surface area is 115 Å². The number of nitrogens with two attached hydrogens (primary N) is 1. The number of hydrazine groups is 1. The minimum Gasteiger partial charge on any atom is -0.342 e. The Hall–Kier alpha value is -1.62. The van der Waals surface area contributed by atoms with Gasteiger partial charge in [0.2, 0.25) is 0 Å². The molecular weight excluding hydrogens is 240 g/mol. The first kappa shape index (κ1) is 15.4. The van der Waals surface area contributed by atoms with E-state index < -0.39 is 0 Å². The largest absolute Gasteiger partial charge is 0.342 e. The number of hydrogen-bond acceptors (Lipinski definition) is 4. The Morgan fingerprint density at radius 3 is 2.53 bits per heavy atom. The second-order valence-electron chi connectivity index (χ2n) is 5.75. The van der Waals surface area contributed by atoms with Crippen molar-refractivity contribution in [2.24, 2.45) is 5.84 Å². The molecule has 0 saturated heterocycles. The summed E-state index contributed by atoms with van der Waals surface area (Å²) in [6.45, 7) is 8.94. The number of aromatic nitrogens is 1. The van der Waals surface area contributed by atoms with Gasteiger partial charge in [-0.1, -0.05) is 27.7 Å². The third kappa shape index (κ3) is 3.92. The van der Waals surface area contributed by atoms with Gasteiger partial charge in [0.05, 0.1) is 0 Å². The van der Waals surface area contributed by atoms with Crippen molar-refractivity contribution in [3.05, 3.63) is 23.4 Å². The summed E-state index contributed by atoms with van der Waals surface area (Å²) in [6, 6.07) is 3.53. The standard InChI is InChI=1S/C14H24N4O/c1-6-7-18(5)13(19)10-8-11(14(2,3)4)16-12(9-10)17-15/h8-9H,6-7,15H2,1-5H3,(H,16,17). The molecule has 0 aliphatic heterocycles. The van der Waals surface area contributed by atoms with E-state index in [1.807, 2.05) is 13.0 Å². The molecule has 0 saturated carbocycles. The molecule has 3 N–H and O–H groups in total. The van der Waals surface area contributed by atoms with E-state index in [0.717, 1.165) is 18.7 Å². The van der Waals surface area contributed by atoms with Crippen molar-refractivity contribution in [1.29, 1.82) is 0 Å². The molecule has 0 radical (unpaired) electrons. The van der Waals surface area contributed by atoms with Gasteiger partial charge in [-0.25, -0.2) is 10.8 Å². The third-order valence-corrected chi connectivity index (χ3v) is 2.89. The van der Waals surface area contributed by atoms with E-state index >= 15 is 0 Å². The summed E-state index contributed by atoms with van der Waals surface area (Å²) < 4.78 is 0. The number of hydrogen-bond donors (Lipinski definition) is 2. The first-order valence-corrected chi connectivity index (χ1v) is 6.54. The summed E-state index contributed by atoms with van der Waals surface area (Å²) in [5.41, 5.74) is 3.85. The van der Waals surface area contributed by atoms with Crippen LogP contribution < -0.4 is 11.3 Å². The van der Waals surface area contributed by atoms with Crippen molar-refractivity contribution in [2.75, 3.05) is 19.0 Å². The molecule has 0 bridgehead atoms. The zero-order valence-corrected chi connectivity index (χ0v) is 12.4. The van der Waals surface area contributed by atoms with Crippen molar-refractivity contribution in [3.8, 4) is 0 Å². The summed E-state index contributed by atoms with van der Waals surface area (Å²) in [6.07, 6.45) is 0.932. The average molecular weight is 264 g/mol. The lowest BCUT2D eigenvalue weighted by molar-refractivity contribution is 0.0795. The second-order valence-corrected chi connectivity index (χ2v) is 5.75. The Bertz CT molecular complexity index is 451. The molecule has 1 amide bonds. The average Bonchev–Trinajstić information content (AvgIpc) is 2.36. The lowest BCUT2D eigenvalue weighted by Gasteiger charge is -2.21. The molecule has 1 heterocycles. The van der Waals surface area contributed by atoms with Gasteiger partial charge in [0, 0.05) is 30.3 Å². The first-order valence-electron chi connectivity index (χ1n) is 6.54. The molecule has 0 aromatic carbocycles. The van der Waals surface area contributed by atoms with Gasteiger partial charge in [-0.05, 0) is 18.6 Å². The van der Waals surface area contributed by atoms with Crippen LogP contribution >= 0.6 is 0 Å². The van der Waals surface area contributed by atoms with Gasteiger partial charge < -0.3 is 10.3 Å². The summed E-state index contributed by atoms with van der Waals surface area (Å²) >= 11 is 0. The fourth-order valence-electron chi connectivity index (χ4n) is 1.77. The summed E-state index contributed by atoms with van der Waals surface area (Å²) in [5.74, 6) is 5.93. The van der Waals surface area contributed by atoms with E-state index in [1.165, 1.54) is 0 Å². The van der Waals surface area contributed by atoms with Crippen molar-refractivity contribution in [2.45, 2.75) is 39.5 Å². The fourth-order valence-corrected chi connectivity index (χ4v) is 1.77. The van der Waals surface area contributed by atoms with Crippen molar-refractivity contribution < 1.29 is 4.79 Å². The number of nitrogens with zero attached hydrogens (tertiary/aromatic N) is 2. The predicted molar refractivity (Wildman–Crippen MR) is 78.0 cm³/mol. The predicted octanol–water partition coefficient (Wildman–Crippen LogP) is 2.15. The second kappa shape index (κ2) is 6.02. The molecule has 1 aromatic heterocycles. The number of rotatable bonds is 4. The molecule has 0 spiro atoms. The van der Waals surface area contributed by atoms with Crippen molar-refractivity contribution in [1.82, 2.24) is 9.88 Å². The van der Waals surface area contributed by atoms with Gasteiger partial charge in [-0.15, -0.1) is 0 Å². The number of nitrogens with one attached hydrogen (secondary N) is 1. The number of carbonyl (C=O) groups excluding carboxylic acids is 1. The van der Waals surface area contributed by atoms with Crippen LogP contribution in [0.15, 0.2) is 12.1 Å². The monoisotopic (exact) mass is 264 g/mol. The Morgan fingerprint density at radius 2 is 2.05 bits per heavy atom. The highest BCUT2D eigenvalue weighted by molar-refractivity contribution is 5.94. The highest BCUT2D eigenvalue weighted by Gasteiger charge is 2.20. The van der Waals surface area contributed by atoms with Crippen LogP contribution in [0.3, 0.4) is 0 Å². The van der Waals surface area contributed by atoms with E-state index in [0.29, 0.717) is 11.4 Å².